The number of imide groups is 1. The Balaban J connectivity index is 1.66. The maximum Gasteiger partial charge on any atom is 0.229 e. The van der Waals surface area contributed by atoms with Crippen molar-refractivity contribution in [1.82, 2.24) is 4.90 Å². The van der Waals surface area contributed by atoms with Gasteiger partial charge in [-0.05, 0) is 31.1 Å². The molecule has 0 aromatic rings. The van der Waals surface area contributed by atoms with Gasteiger partial charge in [-0.25, -0.2) is 0 Å². The molecule has 2 saturated heterocycles. The van der Waals surface area contributed by atoms with Gasteiger partial charge in [0.25, 0.3) is 0 Å². The lowest BCUT2D eigenvalue weighted by atomic mass is 9.76. The topological polar surface area (TPSA) is 46.6 Å². The van der Waals surface area contributed by atoms with Crippen LogP contribution in [0.3, 0.4) is 0 Å². The lowest BCUT2D eigenvalue weighted by molar-refractivity contribution is -0.155. The zero-order chi connectivity index (χ0) is 12.6. The van der Waals surface area contributed by atoms with Crippen molar-refractivity contribution in [3.05, 3.63) is 0 Å². The molecule has 2 aliphatic heterocycles. The molecule has 3 aliphatic rings. The Hall–Kier alpha value is -0.900. The number of hydrogen-bond acceptors (Lipinski definition) is 3. The first-order chi connectivity index (χ1) is 8.69. The van der Waals surface area contributed by atoms with E-state index in [0.29, 0.717) is 19.4 Å². The van der Waals surface area contributed by atoms with Crippen LogP contribution >= 0.6 is 0 Å². The normalized spacial score (nSPS) is 31.6. The highest BCUT2D eigenvalue weighted by molar-refractivity contribution is 5.98. The molecule has 0 aromatic heterocycles. The highest BCUT2D eigenvalue weighted by Gasteiger charge is 2.45. The van der Waals surface area contributed by atoms with Crippen LogP contribution in [0.1, 0.15) is 51.4 Å². The molecule has 1 spiro atoms. The quantitative estimate of drug-likeness (QED) is 0.704. The van der Waals surface area contributed by atoms with Crippen molar-refractivity contribution >= 4 is 11.8 Å². The number of nitrogens with zero attached hydrogens (tertiary/aromatic N) is 1. The molecule has 1 unspecified atom stereocenters. The number of carbonyl (C=O) groups is 2. The van der Waals surface area contributed by atoms with E-state index in [1.165, 1.54) is 17.7 Å². The summed E-state index contributed by atoms with van der Waals surface area (Å²) in [5.41, 5.74) is 0.0151. The van der Waals surface area contributed by atoms with Gasteiger partial charge in [0, 0.05) is 19.4 Å². The summed E-state index contributed by atoms with van der Waals surface area (Å²) in [7, 11) is 0. The predicted molar refractivity (Wildman–Crippen MR) is 65.8 cm³/mol. The fraction of sp³-hybridized carbons (Fsp3) is 0.857. The van der Waals surface area contributed by atoms with Gasteiger partial charge in [0.05, 0.1) is 12.6 Å². The smallest absolute Gasteiger partial charge is 0.229 e. The van der Waals surface area contributed by atoms with Gasteiger partial charge in [-0.1, -0.05) is 12.8 Å². The second-order valence-corrected chi connectivity index (χ2v) is 6.09. The molecule has 0 radical (unpaired) electrons. The predicted octanol–water partition coefficient (Wildman–Crippen LogP) is 1.87. The fourth-order valence-corrected chi connectivity index (χ4v) is 3.71. The number of piperidine rings is 1. The number of ether oxygens (including phenoxy) is 1. The van der Waals surface area contributed by atoms with Crippen molar-refractivity contribution in [3.8, 4) is 0 Å². The van der Waals surface area contributed by atoms with Crippen LogP contribution in [-0.2, 0) is 14.3 Å². The molecular weight excluding hydrogens is 230 g/mol. The van der Waals surface area contributed by atoms with Gasteiger partial charge in [-0.15, -0.1) is 0 Å². The van der Waals surface area contributed by atoms with E-state index >= 15 is 0 Å². The number of amides is 2. The van der Waals surface area contributed by atoms with Gasteiger partial charge >= 0.3 is 0 Å². The fourth-order valence-electron chi connectivity index (χ4n) is 3.71. The van der Waals surface area contributed by atoms with E-state index in [1.807, 2.05) is 0 Å². The van der Waals surface area contributed by atoms with Crippen LogP contribution in [0, 0.1) is 5.41 Å². The van der Waals surface area contributed by atoms with Crippen LogP contribution in [0.15, 0.2) is 0 Å². The maximum atomic E-state index is 12.2. The molecule has 3 fully saturated rings. The van der Waals surface area contributed by atoms with E-state index in [2.05, 4.69) is 0 Å². The lowest BCUT2D eigenvalue weighted by Crippen LogP contribution is -2.49. The number of rotatable bonds is 2. The maximum absolute atomic E-state index is 12.2. The average Bonchev–Trinajstić information content (AvgIpc) is 2.96. The van der Waals surface area contributed by atoms with Gasteiger partial charge in [0.1, 0.15) is 0 Å². The zero-order valence-corrected chi connectivity index (χ0v) is 10.8. The van der Waals surface area contributed by atoms with Crippen molar-refractivity contribution in [2.75, 3.05) is 13.2 Å². The zero-order valence-electron chi connectivity index (χ0n) is 10.8. The first kappa shape index (κ1) is 12.2. The van der Waals surface area contributed by atoms with Gasteiger partial charge in [0.15, 0.2) is 0 Å². The summed E-state index contributed by atoms with van der Waals surface area (Å²) in [4.78, 5) is 25.9. The molecule has 2 heterocycles. The molecule has 1 atom stereocenters. The number of carbonyl (C=O) groups excluding carboxylic acids is 2. The molecule has 1 aliphatic carbocycles. The monoisotopic (exact) mass is 251 g/mol. The molecular formula is C14H21NO3. The molecule has 4 heteroatoms. The van der Waals surface area contributed by atoms with Crippen molar-refractivity contribution in [2.45, 2.75) is 57.5 Å². The molecule has 18 heavy (non-hydrogen) atoms. The summed E-state index contributed by atoms with van der Waals surface area (Å²) < 4.78 is 5.52. The standard InChI is InChI=1S/C14H21NO3/c16-12-8-14(5-1-2-6-14)9-13(17)15(12)10-11-4-3-7-18-11/h11H,1-10H2. The third-order valence-electron chi connectivity index (χ3n) is 4.73. The largest absolute Gasteiger partial charge is 0.376 e. The average molecular weight is 251 g/mol. The number of hydrogen-bond donors (Lipinski definition) is 0. The van der Waals surface area contributed by atoms with Crippen LogP contribution in [0.4, 0.5) is 0 Å². The summed E-state index contributed by atoms with van der Waals surface area (Å²) in [6, 6.07) is 0. The number of likely N-dealkylation sites (tertiary alicyclic amines) is 1. The van der Waals surface area contributed by atoms with Crippen LogP contribution in [0.5, 0.6) is 0 Å². The Kier molecular flexibility index (Phi) is 3.14. The molecule has 4 nitrogen and oxygen atoms in total. The minimum atomic E-state index is 0.0151. The van der Waals surface area contributed by atoms with E-state index in [9.17, 15) is 9.59 Å². The Morgan fingerprint density at radius 2 is 1.78 bits per heavy atom. The van der Waals surface area contributed by atoms with Crippen molar-refractivity contribution in [2.24, 2.45) is 5.41 Å². The van der Waals surface area contributed by atoms with Crippen molar-refractivity contribution < 1.29 is 14.3 Å². The summed E-state index contributed by atoms with van der Waals surface area (Å²) >= 11 is 0. The minimum absolute atomic E-state index is 0.0151. The van der Waals surface area contributed by atoms with Crippen molar-refractivity contribution in [3.63, 3.8) is 0 Å². The molecule has 1 saturated carbocycles. The third-order valence-corrected chi connectivity index (χ3v) is 4.73. The first-order valence-corrected chi connectivity index (χ1v) is 7.13. The molecule has 0 bridgehead atoms. The van der Waals surface area contributed by atoms with E-state index < -0.39 is 0 Å². The Bertz CT molecular complexity index is 334. The van der Waals surface area contributed by atoms with Gasteiger partial charge in [-0.3, -0.25) is 14.5 Å². The van der Waals surface area contributed by atoms with Crippen molar-refractivity contribution in [1.29, 1.82) is 0 Å². The van der Waals surface area contributed by atoms with Crippen LogP contribution in [-0.4, -0.2) is 36.0 Å². The van der Waals surface area contributed by atoms with E-state index in [4.69, 9.17) is 4.74 Å². The summed E-state index contributed by atoms with van der Waals surface area (Å²) in [6.07, 6.45) is 7.70. The minimum Gasteiger partial charge on any atom is -0.376 e. The first-order valence-electron chi connectivity index (χ1n) is 7.13. The summed E-state index contributed by atoms with van der Waals surface area (Å²) in [5, 5.41) is 0. The third kappa shape index (κ3) is 2.18. The SMILES string of the molecule is O=C1CC2(CCCC2)CC(=O)N1CC1CCCO1. The molecule has 2 amide bonds. The van der Waals surface area contributed by atoms with Gasteiger partial charge in [-0.2, -0.15) is 0 Å². The second kappa shape index (κ2) is 4.65. The summed E-state index contributed by atoms with van der Waals surface area (Å²) in [5.74, 6) is 0.0623. The van der Waals surface area contributed by atoms with Crippen LogP contribution in [0.2, 0.25) is 0 Å². The van der Waals surface area contributed by atoms with Gasteiger partial charge in [0.2, 0.25) is 11.8 Å². The Morgan fingerprint density at radius 3 is 2.33 bits per heavy atom. The lowest BCUT2D eigenvalue weighted by Gasteiger charge is -2.37. The Labute approximate surface area is 108 Å². The molecule has 0 N–H and O–H groups in total. The molecule has 3 rings (SSSR count). The molecule has 0 aromatic carbocycles. The highest BCUT2D eigenvalue weighted by Crippen LogP contribution is 2.46. The van der Waals surface area contributed by atoms with Gasteiger partial charge < -0.3 is 4.74 Å². The van der Waals surface area contributed by atoms with Crippen LogP contribution < -0.4 is 0 Å². The van der Waals surface area contributed by atoms with E-state index in [0.717, 1.165) is 32.3 Å². The highest BCUT2D eigenvalue weighted by atomic mass is 16.5. The summed E-state index contributed by atoms with van der Waals surface area (Å²) in [6.45, 7) is 1.25. The molecule has 100 valence electrons. The van der Waals surface area contributed by atoms with Crippen LogP contribution in [0.25, 0.3) is 0 Å². The van der Waals surface area contributed by atoms with E-state index in [1.54, 1.807) is 0 Å². The van der Waals surface area contributed by atoms with E-state index in [-0.39, 0.29) is 23.3 Å². The Morgan fingerprint density at radius 1 is 1.11 bits per heavy atom. The second-order valence-electron chi connectivity index (χ2n) is 6.09.